The van der Waals surface area contributed by atoms with Gasteiger partial charge in [0.05, 0.1) is 11.6 Å². The molecule has 0 spiro atoms. The summed E-state index contributed by atoms with van der Waals surface area (Å²) in [6, 6.07) is 5.92. The Morgan fingerprint density at radius 3 is 2.73 bits per heavy atom. The molecule has 1 heterocycles. The molecule has 2 aliphatic rings. The van der Waals surface area contributed by atoms with Crippen molar-refractivity contribution in [2.45, 2.75) is 30.9 Å². The molecule has 0 unspecified atom stereocenters. The predicted octanol–water partition coefficient (Wildman–Crippen LogP) is 2.44. The molecule has 120 valence electrons. The van der Waals surface area contributed by atoms with Gasteiger partial charge in [0.25, 0.3) is 0 Å². The van der Waals surface area contributed by atoms with Crippen LogP contribution in [-0.2, 0) is 0 Å². The molecule has 4 nitrogen and oxygen atoms in total. The summed E-state index contributed by atoms with van der Waals surface area (Å²) in [7, 11) is 0. The van der Waals surface area contributed by atoms with Gasteiger partial charge in [0.2, 0.25) is 0 Å². The largest absolute Gasteiger partial charge is 0.387 e. The lowest BCUT2D eigenvalue weighted by atomic mass is 10.0. The maximum Gasteiger partial charge on any atom is 0.315 e. The van der Waals surface area contributed by atoms with E-state index in [1.54, 1.807) is 23.9 Å². The Morgan fingerprint density at radius 1 is 1.41 bits per heavy atom. The summed E-state index contributed by atoms with van der Waals surface area (Å²) in [6.45, 7) is 0.270. The second-order valence-electron chi connectivity index (χ2n) is 6.22. The molecule has 2 amide bonds. The molecule has 1 aromatic rings. The Morgan fingerprint density at radius 2 is 2.14 bits per heavy atom. The molecule has 0 aromatic heterocycles. The van der Waals surface area contributed by atoms with Crippen LogP contribution < -0.4 is 10.6 Å². The van der Waals surface area contributed by atoms with Gasteiger partial charge < -0.3 is 15.7 Å². The van der Waals surface area contributed by atoms with E-state index >= 15 is 0 Å². The highest BCUT2D eigenvalue weighted by atomic mass is 32.2. The number of thioether (sulfide) groups is 1. The highest BCUT2D eigenvalue weighted by molar-refractivity contribution is 7.99. The SMILES string of the molecule is O=C(NC[C@@]1(O)CCSC1)N[C@H](c1ccc(F)cc1)C1CC1. The molecular weight excluding hydrogens is 303 g/mol. The predicted molar refractivity (Wildman–Crippen MR) is 85.3 cm³/mol. The van der Waals surface area contributed by atoms with Crippen molar-refractivity contribution in [1.29, 1.82) is 0 Å². The number of rotatable bonds is 5. The second kappa shape index (κ2) is 6.46. The first-order chi connectivity index (χ1) is 10.6. The molecule has 0 radical (unpaired) electrons. The van der Waals surface area contributed by atoms with E-state index < -0.39 is 5.60 Å². The summed E-state index contributed by atoms with van der Waals surface area (Å²) < 4.78 is 13.0. The molecule has 1 saturated heterocycles. The van der Waals surface area contributed by atoms with Gasteiger partial charge in [0, 0.05) is 12.3 Å². The molecule has 0 bridgehead atoms. The number of halogens is 1. The normalized spacial score (nSPS) is 25.7. The van der Waals surface area contributed by atoms with Crippen LogP contribution in [0.4, 0.5) is 9.18 Å². The first-order valence-electron chi connectivity index (χ1n) is 7.66. The number of hydrogen-bond acceptors (Lipinski definition) is 3. The quantitative estimate of drug-likeness (QED) is 0.780. The van der Waals surface area contributed by atoms with Crippen LogP contribution in [0.3, 0.4) is 0 Å². The minimum absolute atomic E-state index is 0.0896. The fourth-order valence-electron chi connectivity index (χ4n) is 2.75. The fourth-order valence-corrected chi connectivity index (χ4v) is 4.04. The van der Waals surface area contributed by atoms with Crippen molar-refractivity contribution in [1.82, 2.24) is 10.6 Å². The average molecular weight is 324 g/mol. The number of amides is 2. The lowest BCUT2D eigenvalue weighted by Crippen LogP contribution is -2.47. The molecular formula is C16H21FN2O2S. The number of nitrogens with one attached hydrogen (secondary N) is 2. The molecule has 3 rings (SSSR count). The van der Waals surface area contributed by atoms with Gasteiger partial charge in [-0.15, -0.1) is 0 Å². The van der Waals surface area contributed by atoms with Crippen molar-refractivity contribution in [2.24, 2.45) is 5.92 Å². The van der Waals surface area contributed by atoms with E-state index in [0.29, 0.717) is 18.1 Å². The number of aliphatic hydroxyl groups is 1. The van der Waals surface area contributed by atoms with Crippen molar-refractivity contribution >= 4 is 17.8 Å². The zero-order chi connectivity index (χ0) is 15.6. The van der Waals surface area contributed by atoms with Crippen molar-refractivity contribution in [3.63, 3.8) is 0 Å². The molecule has 6 heteroatoms. The topological polar surface area (TPSA) is 61.4 Å². The summed E-state index contributed by atoms with van der Waals surface area (Å²) in [5.41, 5.74) is 0.140. The molecule has 1 saturated carbocycles. The Hall–Kier alpha value is -1.27. The van der Waals surface area contributed by atoms with Crippen LogP contribution in [0, 0.1) is 11.7 Å². The van der Waals surface area contributed by atoms with Crippen molar-refractivity contribution in [3.05, 3.63) is 35.6 Å². The van der Waals surface area contributed by atoms with Crippen LogP contribution in [0.5, 0.6) is 0 Å². The van der Waals surface area contributed by atoms with Gasteiger partial charge in [-0.2, -0.15) is 11.8 Å². The minimum Gasteiger partial charge on any atom is -0.387 e. The molecule has 2 atom stereocenters. The van der Waals surface area contributed by atoms with Gasteiger partial charge in [0.15, 0.2) is 0 Å². The molecule has 2 fully saturated rings. The number of urea groups is 1. The van der Waals surface area contributed by atoms with Crippen LogP contribution in [0.15, 0.2) is 24.3 Å². The first kappa shape index (κ1) is 15.6. The van der Waals surface area contributed by atoms with E-state index in [-0.39, 0.29) is 24.4 Å². The highest BCUT2D eigenvalue weighted by Gasteiger charge is 2.35. The van der Waals surface area contributed by atoms with E-state index in [1.807, 2.05) is 0 Å². The van der Waals surface area contributed by atoms with E-state index in [0.717, 1.165) is 24.2 Å². The zero-order valence-electron chi connectivity index (χ0n) is 12.3. The van der Waals surface area contributed by atoms with Crippen molar-refractivity contribution in [3.8, 4) is 0 Å². The van der Waals surface area contributed by atoms with Crippen LogP contribution in [0.25, 0.3) is 0 Å². The lowest BCUT2D eigenvalue weighted by molar-refractivity contribution is 0.0698. The molecule has 1 aliphatic carbocycles. The van der Waals surface area contributed by atoms with Crippen LogP contribution in [-0.4, -0.2) is 34.8 Å². The summed E-state index contributed by atoms with van der Waals surface area (Å²) >= 11 is 1.70. The zero-order valence-corrected chi connectivity index (χ0v) is 13.2. The maximum atomic E-state index is 13.0. The summed E-state index contributed by atoms with van der Waals surface area (Å²) in [4.78, 5) is 12.1. The Labute approximate surface area is 133 Å². The van der Waals surface area contributed by atoms with E-state index in [9.17, 15) is 14.3 Å². The van der Waals surface area contributed by atoms with Crippen molar-refractivity contribution < 1.29 is 14.3 Å². The Balaban J connectivity index is 1.56. The molecule has 22 heavy (non-hydrogen) atoms. The summed E-state index contributed by atoms with van der Waals surface area (Å²) in [5.74, 6) is 1.74. The van der Waals surface area contributed by atoms with Gasteiger partial charge in [-0.25, -0.2) is 9.18 Å². The Bertz CT molecular complexity index is 527. The highest BCUT2D eigenvalue weighted by Crippen LogP contribution is 2.41. The molecule has 1 aliphatic heterocycles. The summed E-state index contributed by atoms with van der Waals surface area (Å²) in [5, 5.41) is 16.0. The van der Waals surface area contributed by atoms with Gasteiger partial charge >= 0.3 is 6.03 Å². The van der Waals surface area contributed by atoms with Gasteiger partial charge in [0.1, 0.15) is 5.82 Å². The van der Waals surface area contributed by atoms with Crippen LogP contribution in [0.1, 0.15) is 30.9 Å². The summed E-state index contributed by atoms with van der Waals surface area (Å²) in [6.07, 6.45) is 2.85. The standard InChI is InChI=1S/C16H21FN2O2S/c17-13-5-3-12(4-6-13)14(11-1-2-11)19-15(20)18-9-16(21)7-8-22-10-16/h3-6,11,14,21H,1-2,7-10H2,(H2,18,19,20)/t14-,16-/m0/s1. The third kappa shape index (κ3) is 3.93. The third-order valence-corrected chi connectivity index (χ3v) is 5.50. The minimum atomic E-state index is -0.785. The van der Waals surface area contributed by atoms with Gasteiger partial charge in [-0.05, 0) is 48.6 Å². The van der Waals surface area contributed by atoms with Gasteiger partial charge in [-0.3, -0.25) is 0 Å². The number of hydrogen-bond donors (Lipinski definition) is 3. The number of carbonyl (C=O) groups excluding carboxylic acids is 1. The Kier molecular flexibility index (Phi) is 4.59. The average Bonchev–Trinajstić information content (AvgIpc) is 3.26. The van der Waals surface area contributed by atoms with E-state index in [4.69, 9.17) is 0 Å². The lowest BCUT2D eigenvalue weighted by Gasteiger charge is -2.24. The maximum absolute atomic E-state index is 13.0. The smallest absolute Gasteiger partial charge is 0.315 e. The van der Waals surface area contributed by atoms with Crippen LogP contribution >= 0.6 is 11.8 Å². The second-order valence-corrected chi connectivity index (χ2v) is 7.33. The van der Waals surface area contributed by atoms with Crippen molar-refractivity contribution in [2.75, 3.05) is 18.1 Å². The van der Waals surface area contributed by atoms with Gasteiger partial charge in [-0.1, -0.05) is 12.1 Å². The third-order valence-electron chi connectivity index (χ3n) is 4.27. The van der Waals surface area contributed by atoms with E-state index in [1.165, 1.54) is 12.1 Å². The van der Waals surface area contributed by atoms with Crippen LogP contribution in [0.2, 0.25) is 0 Å². The first-order valence-corrected chi connectivity index (χ1v) is 8.81. The van der Waals surface area contributed by atoms with E-state index in [2.05, 4.69) is 10.6 Å². The molecule has 1 aromatic carbocycles. The monoisotopic (exact) mass is 324 g/mol. The molecule has 3 N–H and O–H groups in total. The number of benzene rings is 1. The fraction of sp³-hybridized carbons (Fsp3) is 0.562. The number of carbonyl (C=O) groups is 1.